The molecule has 1 N–H and O–H groups in total. The van der Waals surface area contributed by atoms with Gasteiger partial charge in [0.05, 0.1) is 6.04 Å². The molecule has 1 aliphatic heterocycles. The van der Waals surface area contributed by atoms with E-state index in [4.69, 9.17) is 0 Å². The van der Waals surface area contributed by atoms with Crippen LogP contribution in [0.3, 0.4) is 0 Å². The van der Waals surface area contributed by atoms with Gasteiger partial charge in [0, 0.05) is 25.7 Å². The lowest BCUT2D eigenvalue weighted by atomic mass is 9.93. The number of likely N-dealkylation sites (tertiary alicyclic amines) is 1. The zero-order valence-electron chi connectivity index (χ0n) is 14.4. The van der Waals surface area contributed by atoms with Gasteiger partial charge >= 0.3 is 0 Å². The third-order valence-corrected chi connectivity index (χ3v) is 4.94. The van der Waals surface area contributed by atoms with E-state index in [9.17, 15) is 0 Å². The molecule has 0 radical (unpaired) electrons. The normalized spacial score (nSPS) is 15.2. The minimum atomic E-state index is 0.345. The summed E-state index contributed by atoms with van der Waals surface area (Å²) in [5.74, 6) is 0. The highest BCUT2D eigenvalue weighted by molar-refractivity contribution is 5.32. The Morgan fingerprint density at radius 2 is 1.20 bits per heavy atom. The van der Waals surface area contributed by atoms with Crippen molar-refractivity contribution < 1.29 is 0 Å². The number of hydrogen-bond donors (Lipinski definition) is 1. The molecule has 0 amide bonds. The Hall–Kier alpha value is -2.42. The quantitative estimate of drug-likeness (QED) is 0.728. The van der Waals surface area contributed by atoms with Gasteiger partial charge < -0.3 is 5.32 Å². The van der Waals surface area contributed by atoms with Crippen molar-refractivity contribution in [1.29, 1.82) is 0 Å². The van der Waals surface area contributed by atoms with E-state index >= 15 is 0 Å². The van der Waals surface area contributed by atoms with Crippen LogP contribution in [-0.2, 0) is 6.54 Å². The highest BCUT2D eigenvalue weighted by atomic mass is 15.3. The lowest BCUT2D eigenvalue weighted by molar-refractivity contribution is 0.0923. The molecular formula is C23H24N2. The molecule has 2 heteroatoms. The van der Waals surface area contributed by atoms with Gasteiger partial charge in [-0.25, -0.2) is 0 Å². The Kier molecular flexibility index (Phi) is 4.91. The molecule has 1 saturated heterocycles. The van der Waals surface area contributed by atoms with E-state index in [0.717, 1.165) is 19.6 Å². The number of benzene rings is 3. The summed E-state index contributed by atoms with van der Waals surface area (Å²) in [6.45, 7) is 3.11. The number of hydrogen-bond acceptors (Lipinski definition) is 2. The molecular weight excluding hydrogens is 304 g/mol. The van der Waals surface area contributed by atoms with Crippen LogP contribution in [0.2, 0.25) is 0 Å². The molecule has 1 aliphatic rings. The maximum atomic E-state index is 3.68. The zero-order valence-corrected chi connectivity index (χ0v) is 14.4. The van der Waals surface area contributed by atoms with Crippen molar-refractivity contribution in [3.05, 3.63) is 108 Å². The van der Waals surface area contributed by atoms with E-state index in [1.807, 2.05) is 0 Å². The standard InChI is InChI=1S/C23H24N2/c1-4-10-19(11-5-1)16-24-22-17-25(18-22)23(20-12-6-2-7-13-20)21-14-8-3-9-15-21/h1-15,22-24H,16-18H2. The summed E-state index contributed by atoms with van der Waals surface area (Å²) in [7, 11) is 0. The summed E-state index contributed by atoms with van der Waals surface area (Å²) in [4.78, 5) is 2.56. The smallest absolute Gasteiger partial charge is 0.0602 e. The maximum Gasteiger partial charge on any atom is 0.0602 e. The summed E-state index contributed by atoms with van der Waals surface area (Å²) in [6, 6.07) is 33.2. The zero-order chi connectivity index (χ0) is 16.9. The fraction of sp³-hybridized carbons (Fsp3) is 0.217. The molecule has 126 valence electrons. The van der Waals surface area contributed by atoms with E-state index in [0.29, 0.717) is 12.1 Å². The third kappa shape index (κ3) is 3.81. The average Bonchev–Trinajstić information content (AvgIpc) is 2.66. The molecule has 0 bridgehead atoms. The molecule has 3 aromatic rings. The summed E-state index contributed by atoms with van der Waals surface area (Å²) < 4.78 is 0. The lowest BCUT2D eigenvalue weighted by Crippen LogP contribution is -2.58. The number of rotatable bonds is 6. The van der Waals surface area contributed by atoms with Gasteiger partial charge in [0.15, 0.2) is 0 Å². The summed E-state index contributed by atoms with van der Waals surface area (Å²) >= 11 is 0. The highest BCUT2D eigenvalue weighted by Crippen LogP contribution is 2.32. The number of nitrogens with one attached hydrogen (secondary N) is 1. The minimum absolute atomic E-state index is 0.345. The van der Waals surface area contributed by atoms with Crippen LogP contribution in [0.4, 0.5) is 0 Å². The molecule has 2 nitrogen and oxygen atoms in total. The van der Waals surface area contributed by atoms with Gasteiger partial charge in [-0.1, -0.05) is 91.0 Å². The van der Waals surface area contributed by atoms with Crippen molar-refractivity contribution in [3.63, 3.8) is 0 Å². The van der Waals surface area contributed by atoms with Crippen LogP contribution in [0.5, 0.6) is 0 Å². The second-order valence-electron chi connectivity index (χ2n) is 6.74. The molecule has 1 fully saturated rings. The SMILES string of the molecule is c1ccc(CNC2CN(C(c3ccccc3)c3ccccc3)C2)cc1. The van der Waals surface area contributed by atoms with Crippen molar-refractivity contribution in [3.8, 4) is 0 Å². The third-order valence-electron chi connectivity index (χ3n) is 4.94. The molecule has 0 saturated carbocycles. The van der Waals surface area contributed by atoms with Gasteiger partial charge in [-0.2, -0.15) is 0 Å². The molecule has 4 rings (SSSR count). The van der Waals surface area contributed by atoms with Crippen LogP contribution in [0.1, 0.15) is 22.7 Å². The molecule has 0 aliphatic carbocycles. The maximum absolute atomic E-state index is 3.68. The van der Waals surface area contributed by atoms with E-state index in [2.05, 4.69) is 101 Å². The Labute approximate surface area is 150 Å². The summed E-state index contributed by atoms with van der Waals surface area (Å²) in [5, 5.41) is 3.68. The van der Waals surface area contributed by atoms with Gasteiger partial charge in [-0.05, 0) is 16.7 Å². The lowest BCUT2D eigenvalue weighted by Gasteiger charge is -2.45. The van der Waals surface area contributed by atoms with Crippen LogP contribution in [0, 0.1) is 0 Å². The van der Waals surface area contributed by atoms with Gasteiger partial charge in [0.25, 0.3) is 0 Å². The van der Waals surface area contributed by atoms with Gasteiger partial charge in [-0.3, -0.25) is 4.90 Å². The minimum Gasteiger partial charge on any atom is -0.307 e. The van der Waals surface area contributed by atoms with Crippen molar-refractivity contribution >= 4 is 0 Å². The van der Waals surface area contributed by atoms with Crippen molar-refractivity contribution in [2.75, 3.05) is 13.1 Å². The van der Waals surface area contributed by atoms with Crippen LogP contribution < -0.4 is 5.32 Å². The van der Waals surface area contributed by atoms with E-state index in [1.54, 1.807) is 0 Å². The Morgan fingerprint density at radius 3 is 1.72 bits per heavy atom. The predicted molar refractivity (Wildman–Crippen MR) is 103 cm³/mol. The van der Waals surface area contributed by atoms with Gasteiger partial charge in [-0.15, -0.1) is 0 Å². The van der Waals surface area contributed by atoms with Crippen molar-refractivity contribution in [1.82, 2.24) is 10.2 Å². The molecule has 0 spiro atoms. The molecule has 0 atom stereocenters. The van der Waals surface area contributed by atoms with E-state index < -0.39 is 0 Å². The first-order valence-corrected chi connectivity index (χ1v) is 9.01. The van der Waals surface area contributed by atoms with Crippen molar-refractivity contribution in [2.45, 2.75) is 18.6 Å². The molecule has 3 aromatic carbocycles. The largest absolute Gasteiger partial charge is 0.307 e. The molecule has 0 aromatic heterocycles. The fourth-order valence-electron chi connectivity index (χ4n) is 3.60. The second-order valence-corrected chi connectivity index (χ2v) is 6.74. The Balaban J connectivity index is 1.42. The van der Waals surface area contributed by atoms with Gasteiger partial charge in [0.1, 0.15) is 0 Å². The monoisotopic (exact) mass is 328 g/mol. The van der Waals surface area contributed by atoms with Crippen molar-refractivity contribution in [2.24, 2.45) is 0 Å². The van der Waals surface area contributed by atoms with E-state index in [-0.39, 0.29) is 0 Å². The topological polar surface area (TPSA) is 15.3 Å². The van der Waals surface area contributed by atoms with Crippen LogP contribution in [0.25, 0.3) is 0 Å². The van der Waals surface area contributed by atoms with Gasteiger partial charge in [0.2, 0.25) is 0 Å². The first-order valence-electron chi connectivity index (χ1n) is 9.01. The average molecular weight is 328 g/mol. The number of nitrogens with zero attached hydrogens (tertiary/aromatic N) is 1. The molecule has 1 heterocycles. The Morgan fingerprint density at radius 1 is 0.720 bits per heavy atom. The summed E-state index contributed by atoms with van der Waals surface area (Å²) in [6.07, 6.45) is 0. The highest BCUT2D eigenvalue weighted by Gasteiger charge is 2.33. The van der Waals surface area contributed by atoms with E-state index in [1.165, 1.54) is 16.7 Å². The molecule has 0 unspecified atom stereocenters. The van der Waals surface area contributed by atoms with Crippen LogP contribution >= 0.6 is 0 Å². The fourth-order valence-corrected chi connectivity index (χ4v) is 3.60. The second kappa shape index (κ2) is 7.64. The predicted octanol–water partition coefficient (Wildman–Crippen LogP) is 4.25. The van der Waals surface area contributed by atoms with Crippen LogP contribution in [-0.4, -0.2) is 24.0 Å². The molecule has 25 heavy (non-hydrogen) atoms. The summed E-state index contributed by atoms with van der Waals surface area (Å²) in [5.41, 5.74) is 4.09. The Bertz CT molecular complexity index is 725. The first-order chi connectivity index (χ1) is 12.4. The first kappa shape index (κ1) is 16.1. The van der Waals surface area contributed by atoms with Crippen LogP contribution in [0.15, 0.2) is 91.0 Å².